The topological polar surface area (TPSA) is 85.8 Å². The average molecular weight is 333 g/mol. The van der Waals surface area contributed by atoms with Crippen molar-refractivity contribution in [2.24, 2.45) is 0 Å². The minimum absolute atomic E-state index is 0.00712. The molecule has 0 radical (unpaired) electrons. The summed E-state index contributed by atoms with van der Waals surface area (Å²) in [5.41, 5.74) is 0.259. The number of nitrogens with one attached hydrogen (secondary N) is 1. The van der Waals surface area contributed by atoms with Crippen molar-refractivity contribution >= 4 is 11.9 Å². The number of aromatic nitrogens is 4. The van der Waals surface area contributed by atoms with E-state index in [1.807, 2.05) is 13.8 Å². The molecule has 2 aromatic heterocycles. The van der Waals surface area contributed by atoms with E-state index in [2.05, 4.69) is 20.6 Å². The van der Waals surface area contributed by atoms with Gasteiger partial charge in [-0.25, -0.2) is 8.78 Å². The molecule has 0 aliphatic rings. The maximum absolute atomic E-state index is 13.7. The third kappa shape index (κ3) is 3.00. The quantitative estimate of drug-likeness (QED) is 0.793. The van der Waals surface area contributed by atoms with E-state index in [9.17, 15) is 13.6 Å². The average Bonchev–Trinajstić information content (AvgIpc) is 3.16. The fourth-order valence-corrected chi connectivity index (χ4v) is 2.11. The number of hydrogen-bond donors (Lipinski definition) is 1. The summed E-state index contributed by atoms with van der Waals surface area (Å²) in [4.78, 5) is 12.2. The SMILES string of the molecule is CC(C)n1nccc1C(=O)Nc1nnc(-c2ccc(F)cc2F)o1. The van der Waals surface area contributed by atoms with Gasteiger partial charge in [-0.2, -0.15) is 5.10 Å². The molecule has 0 aliphatic heterocycles. The number of carbonyl (C=O) groups excluding carboxylic acids is 1. The Hall–Kier alpha value is -3.10. The molecule has 0 saturated heterocycles. The Morgan fingerprint density at radius 1 is 1.25 bits per heavy atom. The number of nitrogens with zero attached hydrogens (tertiary/aromatic N) is 4. The fraction of sp³-hybridized carbons (Fsp3) is 0.200. The van der Waals surface area contributed by atoms with Gasteiger partial charge in [-0.3, -0.25) is 14.8 Å². The predicted molar refractivity (Wildman–Crippen MR) is 80.2 cm³/mol. The monoisotopic (exact) mass is 333 g/mol. The number of anilines is 1. The first-order chi connectivity index (χ1) is 11.5. The first kappa shape index (κ1) is 15.8. The Kier molecular flexibility index (Phi) is 4.07. The molecule has 1 aromatic carbocycles. The minimum Gasteiger partial charge on any atom is -0.403 e. The first-order valence-corrected chi connectivity index (χ1v) is 7.09. The van der Waals surface area contributed by atoms with Crippen molar-refractivity contribution in [2.45, 2.75) is 19.9 Å². The van der Waals surface area contributed by atoms with Crippen LogP contribution in [0.2, 0.25) is 0 Å². The molecule has 0 fully saturated rings. The Balaban J connectivity index is 1.81. The minimum atomic E-state index is -0.839. The van der Waals surface area contributed by atoms with Gasteiger partial charge in [0.2, 0.25) is 0 Å². The van der Waals surface area contributed by atoms with E-state index in [0.717, 1.165) is 6.07 Å². The van der Waals surface area contributed by atoms with E-state index in [1.54, 1.807) is 6.07 Å². The van der Waals surface area contributed by atoms with Crippen LogP contribution < -0.4 is 5.32 Å². The molecule has 24 heavy (non-hydrogen) atoms. The van der Waals surface area contributed by atoms with E-state index in [1.165, 1.54) is 16.9 Å². The first-order valence-electron chi connectivity index (χ1n) is 7.09. The lowest BCUT2D eigenvalue weighted by Gasteiger charge is -2.09. The Labute approximate surface area is 135 Å². The molecular formula is C15H13F2N5O2. The number of hydrogen-bond acceptors (Lipinski definition) is 5. The second-order valence-corrected chi connectivity index (χ2v) is 5.25. The molecule has 3 rings (SSSR count). The Morgan fingerprint density at radius 3 is 2.75 bits per heavy atom. The molecule has 0 bridgehead atoms. The van der Waals surface area contributed by atoms with E-state index in [0.29, 0.717) is 11.8 Å². The summed E-state index contributed by atoms with van der Waals surface area (Å²) in [5, 5.41) is 13.8. The molecule has 0 unspecified atom stereocenters. The smallest absolute Gasteiger partial charge is 0.322 e. The predicted octanol–water partition coefficient (Wildman–Crippen LogP) is 3.04. The van der Waals surface area contributed by atoms with Gasteiger partial charge in [0.1, 0.15) is 17.3 Å². The normalized spacial score (nSPS) is 11.0. The van der Waals surface area contributed by atoms with Crippen molar-refractivity contribution < 1.29 is 18.0 Å². The van der Waals surface area contributed by atoms with Gasteiger partial charge in [0.05, 0.1) is 5.56 Å². The van der Waals surface area contributed by atoms with Gasteiger partial charge in [-0.05, 0) is 32.0 Å². The van der Waals surface area contributed by atoms with Crippen LogP contribution in [0.5, 0.6) is 0 Å². The highest BCUT2D eigenvalue weighted by Crippen LogP contribution is 2.23. The largest absolute Gasteiger partial charge is 0.403 e. The van der Waals surface area contributed by atoms with Gasteiger partial charge in [0, 0.05) is 18.3 Å². The molecule has 2 heterocycles. The standard InChI is InChI=1S/C15H13F2N5O2/c1-8(2)22-12(5-6-18-22)13(23)19-15-21-20-14(24-15)10-4-3-9(16)7-11(10)17/h3-8H,1-2H3,(H,19,21,23). The second kappa shape index (κ2) is 6.19. The van der Waals surface area contributed by atoms with Crippen LogP contribution in [0.25, 0.3) is 11.5 Å². The highest BCUT2D eigenvalue weighted by atomic mass is 19.1. The van der Waals surface area contributed by atoms with Gasteiger partial charge in [-0.1, -0.05) is 5.10 Å². The van der Waals surface area contributed by atoms with Crippen LogP contribution in [0.4, 0.5) is 14.8 Å². The van der Waals surface area contributed by atoms with E-state index in [-0.39, 0.29) is 23.5 Å². The van der Waals surface area contributed by atoms with Gasteiger partial charge >= 0.3 is 6.01 Å². The molecule has 9 heteroatoms. The zero-order chi connectivity index (χ0) is 17.3. The molecule has 0 saturated carbocycles. The third-order valence-corrected chi connectivity index (χ3v) is 3.20. The van der Waals surface area contributed by atoms with Crippen molar-refractivity contribution in [3.05, 3.63) is 47.8 Å². The lowest BCUT2D eigenvalue weighted by molar-refractivity contribution is 0.101. The number of rotatable bonds is 4. The van der Waals surface area contributed by atoms with Crippen molar-refractivity contribution in [3.63, 3.8) is 0 Å². The highest BCUT2D eigenvalue weighted by Gasteiger charge is 2.18. The van der Waals surface area contributed by atoms with E-state index in [4.69, 9.17) is 4.42 Å². The summed E-state index contributed by atoms with van der Waals surface area (Å²) in [6.07, 6.45) is 1.50. The van der Waals surface area contributed by atoms with Crippen LogP contribution in [0, 0.1) is 11.6 Å². The number of amides is 1. The summed E-state index contributed by atoms with van der Waals surface area (Å²) in [7, 11) is 0. The zero-order valence-corrected chi connectivity index (χ0v) is 12.8. The lowest BCUT2D eigenvalue weighted by Crippen LogP contribution is -2.19. The Bertz CT molecular complexity index is 888. The zero-order valence-electron chi connectivity index (χ0n) is 12.8. The van der Waals surface area contributed by atoms with Crippen LogP contribution in [0.15, 0.2) is 34.9 Å². The molecule has 124 valence electrons. The summed E-state index contributed by atoms with van der Waals surface area (Å²) in [5.74, 6) is -2.21. The highest BCUT2D eigenvalue weighted by molar-refractivity contribution is 6.01. The molecule has 0 aliphatic carbocycles. The molecular weight excluding hydrogens is 320 g/mol. The van der Waals surface area contributed by atoms with E-state index >= 15 is 0 Å². The molecule has 0 spiro atoms. The van der Waals surface area contributed by atoms with Gasteiger partial charge in [-0.15, -0.1) is 5.10 Å². The van der Waals surface area contributed by atoms with Crippen molar-refractivity contribution in [3.8, 4) is 11.5 Å². The Morgan fingerprint density at radius 2 is 2.04 bits per heavy atom. The third-order valence-electron chi connectivity index (χ3n) is 3.20. The molecule has 3 aromatic rings. The van der Waals surface area contributed by atoms with Crippen LogP contribution in [0.1, 0.15) is 30.4 Å². The number of carbonyl (C=O) groups is 1. The van der Waals surface area contributed by atoms with Crippen LogP contribution in [0.3, 0.4) is 0 Å². The summed E-state index contributed by atoms with van der Waals surface area (Å²) in [6.45, 7) is 3.76. The van der Waals surface area contributed by atoms with Crippen LogP contribution in [-0.4, -0.2) is 25.9 Å². The van der Waals surface area contributed by atoms with Crippen LogP contribution in [-0.2, 0) is 0 Å². The fourth-order valence-electron chi connectivity index (χ4n) is 2.11. The molecule has 7 nitrogen and oxygen atoms in total. The summed E-state index contributed by atoms with van der Waals surface area (Å²) in [6, 6.07) is 4.30. The van der Waals surface area contributed by atoms with E-state index < -0.39 is 17.5 Å². The van der Waals surface area contributed by atoms with Crippen LogP contribution >= 0.6 is 0 Å². The summed E-state index contributed by atoms with van der Waals surface area (Å²) < 4.78 is 33.4. The lowest BCUT2D eigenvalue weighted by atomic mass is 10.2. The summed E-state index contributed by atoms with van der Waals surface area (Å²) >= 11 is 0. The molecule has 0 atom stereocenters. The molecule has 1 amide bonds. The maximum atomic E-state index is 13.7. The van der Waals surface area contributed by atoms with Crippen molar-refractivity contribution in [1.82, 2.24) is 20.0 Å². The van der Waals surface area contributed by atoms with Gasteiger partial charge in [0.25, 0.3) is 11.8 Å². The van der Waals surface area contributed by atoms with Gasteiger partial charge in [0.15, 0.2) is 0 Å². The number of benzene rings is 1. The maximum Gasteiger partial charge on any atom is 0.322 e. The van der Waals surface area contributed by atoms with Gasteiger partial charge < -0.3 is 4.42 Å². The molecule has 1 N–H and O–H groups in total. The number of halogens is 2. The second-order valence-electron chi connectivity index (χ2n) is 5.25. The van der Waals surface area contributed by atoms with Crippen molar-refractivity contribution in [1.29, 1.82) is 0 Å². The van der Waals surface area contributed by atoms with Crippen molar-refractivity contribution in [2.75, 3.05) is 5.32 Å².